The largest absolute Gasteiger partial charge is 0.352 e. The lowest BCUT2D eigenvalue weighted by Crippen LogP contribution is -2.47. The van der Waals surface area contributed by atoms with E-state index in [0.29, 0.717) is 37.9 Å². The summed E-state index contributed by atoms with van der Waals surface area (Å²) in [4.78, 5) is 42.6. The van der Waals surface area contributed by atoms with Crippen LogP contribution < -0.4 is 5.32 Å². The summed E-state index contributed by atoms with van der Waals surface area (Å²) in [5, 5.41) is 3.09. The van der Waals surface area contributed by atoms with Crippen molar-refractivity contribution in [2.75, 3.05) is 0 Å². The molecule has 3 aromatic rings. The predicted molar refractivity (Wildman–Crippen MR) is 139 cm³/mol. The topological polar surface area (TPSA) is 66.5 Å². The highest BCUT2D eigenvalue weighted by atomic mass is 16.2. The monoisotopic (exact) mass is 480 g/mol. The molecule has 1 saturated carbocycles. The number of nitrogens with one attached hydrogen (secondary N) is 1. The van der Waals surface area contributed by atoms with E-state index < -0.39 is 17.9 Å². The average molecular weight is 481 g/mol. The Morgan fingerprint density at radius 2 is 1.47 bits per heavy atom. The van der Waals surface area contributed by atoms with Gasteiger partial charge in [-0.3, -0.25) is 14.4 Å². The molecular formula is C31H32N2O3. The normalized spacial score (nSPS) is 20.5. The molecule has 36 heavy (non-hydrogen) atoms. The van der Waals surface area contributed by atoms with Crippen molar-refractivity contribution in [3.63, 3.8) is 0 Å². The van der Waals surface area contributed by atoms with Gasteiger partial charge in [-0.05, 0) is 42.0 Å². The molecule has 1 fully saturated rings. The number of carbonyl (C=O) groups is 3. The molecule has 2 amide bonds. The molecule has 1 aliphatic carbocycles. The van der Waals surface area contributed by atoms with Crippen LogP contribution in [0.15, 0.2) is 84.9 Å². The van der Waals surface area contributed by atoms with E-state index >= 15 is 0 Å². The number of fused-ring (bicyclic) bond motifs is 1. The van der Waals surface area contributed by atoms with Gasteiger partial charge in [0.1, 0.15) is 0 Å². The summed E-state index contributed by atoms with van der Waals surface area (Å²) in [6, 6.07) is 26.8. The molecule has 5 nitrogen and oxygen atoms in total. The van der Waals surface area contributed by atoms with Crippen molar-refractivity contribution >= 4 is 17.6 Å². The van der Waals surface area contributed by atoms with Crippen LogP contribution in [-0.2, 0) is 29.1 Å². The van der Waals surface area contributed by atoms with Gasteiger partial charge in [0.15, 0.2) is 5.78 Å². The number of hydrogen-bond acceptors (Lipinski definition) is 3. The van der Waals surface area contributed by atoms with Gasteiger partial charge in [-0.2, -0.15) is 0 Å². The Morgan fingerprint density at radius 3 is 2.19 bits per heavy atom. The van der Waals surface area contributed by atoms with Crippen molar-refractivity contribution in [3.05, 3.63) is 107 Å². The molecule has 2 aliphatic rings. The zero-order chi connectivity index (χ0) is 24.9. The minimum Gasteiger partial charge on any atom is -0.352 e. The van der Waals surface area contributed by atoms with E-state index in [9.17, 15) is 14.4 Å². The first-order chi connectivity index (χ1) is 17.6. The first-order valence-corrected chi connectivity index (χ1v) is 12.9. The summed E-state index contributed by atoms with van der Waals surface area (Å²) in [5.74, 6) is -1.05. The van der Waals surface area contributed by atoms with Gasteiger partial charge < -0.3 is 10.2 Å². The van der Waals surface area contributed by atoms with E-state index in [-0.39, 0.29) is 17.6 Å². The van der Waals surface area contributed by atoms with Gasteiger partial charge in [0.25, 0.3) is 5.91 Å². The van der Waals surface area contributed by atoms with Gasteiger partial charge in [-0.15, -0.1) is 0 Å². The van der Waals surface area contributed by atoms with Crippen molar-refractivity contribution in [2.24, 2.45) is 11.8 Å². The molecule has 0 saturated heterocycles. The Labute approximate surface area is 212 Å². The number of nitrogens with zero attached hydrogens (tertiary/aromatic N) is 1. The molecule has 0 spiro atoms. The quantitative estimate of drug-likeness (QED) is 0.487. The number of benzene rings is 3. The smallest absolute Gasteiger partial charge is 0.255 e. The molecular weight excluding hydrogens is 448 g/mol. The lowest BCUT2D eigenvalue weighted by Gasteiger charge is -2.31. The third-order valence-corrected chi connectivity index (χ3v) is 7.59. The van der Waals surface area contributed by atoms with Gasteiger partial charge in [0, 0.05) is 24.6 Å². The van der Waals surface area contributed by atoms with E-state index in [4.69, 9.17) is 0 Å². The second kappa shape index (κ2) is 10.9. The Bertz CT molecular complexity index is 1220. The summed E-state index contributed by atoms with van der Waals surface area (Å²) in [6.07, 6.45) is 3.56. The minimum absolute atomic E-state index is 0.0319. The van der Waals surface area contributed by atoms with Crippen LogP contribution in [-0.4, -0.2) is 28.5 Å². The van der Waals surface area contributed by atoms with Gasteiger partial charge in [-0.25, -0.2) is 0 Å². The third kappa shape index (κ3) is 5.11. The fourth-order valence-corrected chi connectivity index (χ4v) is 5.67. The molecule has 0 aromatic heterocycles. The van der Waals surface area contributed by atoms with Crippen molar-refractivity contribution in [1.82, 2.24) is 10.2 Å². The second-order valence-corrected chi connectivity index (χ2v) is 9.90. The number of Topliss-reactive ketones (excluding diaryl/α,β-unsaturated/α-hetero) is 1. The van der Waals surface area contributed by atoms with Crippen molar-refractivity contribution in [2.45, 2.75) is 51.2 Å². The van der Waals surface area contributed by atoms with Crippen molar-refractivity contribution < 1.29 is 14.4 Å². The molecule has 3 aromatic carbocycles. The van der Waals surface area contributed by atoms with Gasteiger partial charge in [-0.1, -0.05) is 91.7 Å². The minimum atomic E-state index is -0.488. The Morgan fingerprint density at radius 1 is 0.833 bits per heavy atom. The van der Waals surface area contributed by atoms with Crippen LogP contribution in [0.4, 0.5) is 0 Å². The van der Waals surface area contributed by atoms with Gasteiger partial charge in [0.05, 0.1) is 12.0 Å². The van der Waals surface area contributed by atoms with Crippen LogP contribution in [0.1, 0.15) is 52.7 Å². The van der Waals surface area contributed by atoms with Crippen LogP contribution >= 0.6 is 0 Å². The molecule has 1 N–H and O–H groups in total. The van der Waals surface area contributed by atoms with Crippen LogP contribution in [0, 0.1) is 11.8 Å². The van der Waals surface area contributed by atoms with Crippen LogP contribution in [0.25, 0.3) is 0 Å². The first-order valence-electron chi connectivity index (χ1n) is 12.9. The summed E-state index contributed by atoms with van der Waals surface area (Å²) < 4.78 is 0. The Hall–Kier alpha value is -3.73. The summed E-state index contributed by atoms with van der Waals surface area (Å²) in [6.45, 7) is 0.886. The molecule has 0 radical (unpaired) electrons. The van der Waals surface area contributed by atoms with E-state index in [1.165, 1.54) is 0 Å². The predicted octanol–water partition coefficient (Wildman–Crippen LogP) is 4.95. The molecule has 5 rings (SSSR count). The van der Waals surface area contributed by atoms with Crippen LogP contribution in [0.3, 0.4) is 0 Å². The SMILES string of the molecule is O=C(NCc1ccccc1)C(Cc1ccccc1)C1CCCCC(N2Cc3ccccc3C2=O)C1=O. The molecule has 5 heteroatoms. The van der Waals surface area contributed by atoms with E-state index in [2.05, 4.69) is 5.32 Å². The van der Waals surface area contributed by atoms with Crippen molar-refractivity contribution in [1.29, 1.82) is 0 Å². The molecule has 3 atom stereocenters. The van der Waals surface area contributed by atoms with Gasteiger partial charge >= 0.3 is 0 Å². The van der Waals surface area contributed by atoms with Crippen molar-refractivity contribution in [3.8, 4) is 0 Å². The second-order valence-electron chi connectivity index (χ2n) is 9.90. The maximum atomic E-state index is 14.1. The fraction of sp³-hybridized carbons (Fsp3) is 0.323. The number of amides is 2. The number of rotatable bonds is 7. The fourth-order valence-electron chi connectivity index (χ4n) is 5.67. The molecule has 3 unspecified atom stereocenters. The average Bonchev–Trinajstić information content (AvgIpc) is 3.13. The lowest BCUT2D eigenvalue weighted by molar-refractivity contribution is -0.136. The number of hydrogen-bond donors (Lipinski definition) is 1. The van der Waals surface area contributed by atoms with Crippen LogP contribution in [0.2, 0.25) is 0 Å². The third-order valence-electron chi connectivity index (χ3n) is 7.59. The maximum absolute atomic E-state index is 14.1. The molecule has 1 heterocycles. The maximum Gasteiger partial charge on any atom is 0.255 e. The number of carbonyl (C=O) groups excluding carboxylic acids is 3. The standard InChI is InChI=1S/C31H32N2O3/c34-29-26(17-9-10-18-28(29)33-21-24-15-7-8-16-25(24)31(33)36)27(19-22-11-3-1-4-12-22)30(35)32-20-23-13-5-2-6-14-23/h1-8,11-16,26-28H,9-10,17-21H2,(H,32,35). The van der Waals surface area contributed by atoms with E-state index in [1.807, 2.05) is 84.9 Å². The zero-order valence-corrected chi connectivity index (χ0v) is 20.4. The molecule has 0 bridgehead atoms. The van der Waals surface area contributed by atoms with Gasteiger partial charge in [0.2, 0.25) is 5.91 Å². The Kier molecular flexibility index (Phi) is 7.26. The Balaban J connectivity index is 1.39. The highest BCUT2D eigenvalue weighted by Gasteiger charge is 2.43. The summed E-state index contributed by atoms with van der Waals surface area (Å²) >= 11 is 0. The summed E-state index contributed by atoms with van der Waals surface area (Å²) in [5.41, 5.74) is 3.72. The van der Waals surface area contributed by atoms with E-state index in [1.54, 1.807) is 4.90 Å². The molecule has 1 aliphatic heterocycles. The highest BCUT2D eigenvalue weighted by Crippen LogP contribution is 2.34. The lowest BCUT2D eigenvalue weighted by atomic mass is 9.79. The van der Waals surface area contributed by atoms with E-state index in [0.717, 1.165) is 29.5 Å². The number of ketones is 1. The zero-order valence-electron chi connectivity index (χ0n) is 20.4. The summed E-state index contributed by atoms with van der Waals surface area (Å²) in [7, 11) is 0. The highest BCUT2D eigenvalue weighted by molar-refractivity contribution is 6.02. The molecule has 184 valence electrons. The van der Waals surface area contributed by atoms with Crippen LogP contribution in [0.5, 0.6) is 0 Å². The first kappa shape index (κ1) is 24.0.